The molecule has 0 unspecified atom stereocenters. The summed E-state index contributed by atoms with van der Waals surface area (Å²) in [5.41, 5.74) is 3.22. The SMILES string of the molecule is CN(C(=O)CSc1ncc(-c2ccccc2)[nH]1)C1=CCCC1. The lowest BCUT2D eigenvalue weighted by atomic mass is 10.2. The molecule has 114 valence electrons. The van der Waals surface area contributed by atoms with Crippen molar-refractivity contribution < 1.29 is 4.79 Å². The van der Waals surface area contributed by atoms with Crippen LogP contribution in [0.2, 0.25) is 0 Å². The molecule has 1 aromatic heterocycles. The Labute approximate surface area is 134 Å². The summed E-state index contributed by atoms with van der Waals surface area (Å²) >= 11 is 1.45. The Kier molecular flexibility index (Phi) is 4.63. The van der Waals surface area contributed by atoms with Crippen molar-refractivity contribution in [2.24, 2.45) is 0 Å². The van der Waals surface area contributed by atoms with Crippen LogP contribution in [0.4, 0.5) is 0 Å². The maximum Gasteiger partial charge on any atom is 0.236 e. The lowest BCUT2D eigenvalue weighted by Gasteiger charge is -2.17. The number of aromatic nitrogens is 2. The fourth-order valence-electron chi connectivity index (χ4n) is 2.49. The third-order valence-electron chi connectivity index (χ3n) is 3.79. The molecule has 0 spiro atoms. The first-order chi connectivity index (χ1) is 10.7. The number of H-pyrrole nitrogens is 1. The Morgan fingerprint density at radius 2 is 2.18 bits per heavy atom. The molecule has 0 atom stereocenters. The van der Waals surface area contributed by atoms with Crippen LogP contribution in [0, 0.1) is 0 Å². The lowest BCUT2D eigenvalue weighted by Crippen LogP contribution is -2.27. The van der Waals surface area contributed by atoms with Crippen molar-refractivity contribution in [2.75, 3.05) is 12.8 Å². The van der Waals surface area contributed by atoms with Crippen LogP contribution in [0.1, 0.15) is 19.3 Å². The number of imidazole rings is 1. The number of rotatable bonds is 5. The van der Waals surface area contributed by atoms with E-state index in [4.69, 9.17) is 0 Å². The second-order valence-electron chi connectivity index (χ2n) is 5.30. The average Bonchev–Trinajstić information content (AvgIpc) is 3.24. The Balaban J connectivity index is 1.58. The van der Waals surface area contributed by atoms with Gasteiger partial charge in [0.2, 0.25) is 5.91 Å². The lowest BCUT2D eigenvalue weighted by molar-refractivity contribution is -0.125. The summed E-state index contributed by atoms with van der Waals surface area (Å²) in [6.45, 7) is 0. The highest BCUT2D eigenvalue weighted by Gasteiger charge is 2.16. The van der Waals surface area contributed by atoms with Crippen molar-refractivity contribution >= 4 is 17.7 Å². The molecular formula is C17H19N3OS. The number of nitrogens with zero attached hydrogens (tertiary/aromatic N) is 2. The maximum absolute atomic E-state index is 12.2. The van der Waals surface area contributed by atoms with Gasteiger partial charge in [-0.15, -0.1) is 0 Å². The van der Waals surface area contributed by atoms with Gasteiger partial charge in [-0.05, 0) is 24.8 Å². The molecule has 1 amide bonds. The zero-order valence-electron chi connectivity index (χ0n) is 12.6. The molecule has 0 radical (unpaired) electrons. The number of carbonyl (C=O) groups is 1. The number of allylic oxidation sites excluding steroid dienone is 2. The molecular weight excluding hydrogens is 294 g/mol. The van der Waals surface area contributed by atoms with E-state index >= 15 is 0 Å². The minimum absolute atomic E-state index is 0.121. The number of amides is 1. The van der Waals surface area contributed by atoms with Gasteiger partial charge < -0.3 is 9.88 Å². The van der Waals surface area contributed by atoms with Gasteiger partial charge in [-0.2, -0.15) is 0 Å². The van der Waals surface area contributed by atoms with Crippen molar-refractivity contribution in [1.29, 1.82) is 0 Å². The molecule has 22 heavy (non-hydrogen) atoms. The van der Waals surface area contributed by atoms with Crippen LogP contribution in [0.15, 0.2) is 53.5 Å². The summed E-state index contributed by atoms with van der Waals surface area (Å²) < 4.78 is 0. The number of benzene rings is 1. The molecule has 1 aromatic carbocycles. The summed E-state index contributed by atoms with van der Waals surface area (Å²) in [5, 5.41) is 0.779. The maximum atomic E-state index is 12.2. The highest BCUT2D eigenvalue weighted by atomic mass is 32.2. The second-order valence-corrected chi connectivity index (χ2v) is 6.26. The van der Waals surface area contributed by atoms with Crippen LogP contribution < -0.4 is 0 Å². The number of thioether (sulfide) groups is 1. The van der Waals surface area contributed by atoms with Crippen LogP contribution in [-0.4, -0.2) is 33.6 Å². The number of carbonyl (C=O) groups excluding carboxylic acids is 1. The minimum Gasteiger partial charge on any atom is -0.333 e. The van der Waals surface area contributed by atoms with E-state index in [1.807, 2.05) is 43.6 Å². The van der Waals surface area contributed by atoms with Gasteiger partial charge in [-0.1, -0.05) is 48.2 Å². The van der Waals surface area contributed by atoms with Crippen LogP contribution >= 0.6 is 11.8 Å². The zero-order chi connectivity index (χ0) is 15.4. The molecule has 1 N–H and O–H groups in total. The van der Waals surface area contributed by atoms with E-state index in [0.717, 1.165) is 41.4 Å². The van der Waals surface area contributed by atoms with Crippen molar-refractivity contribution in [3.8, 4) is 11.3 Å². The van der Waals surface area contributed by atoms with Gasteiger partial charge in [0.05, 0.1) is 17.6 Å². The summed E-state index contributed by atoms with van der Waals surface area (Å²) in [6, 6.07) is 10.1. The predicted molar refractivity (Wildman–Crippen MR) is 89.5 cm³/mol. The van der Waals surface area contributed by atoms with Gasteiger partial charge in [-0.25, -0.2) is 4.98 Å². The highest BCUT2D eigenvalue weighted by Crippen LogP contribution is 2.23. The van der Waals surface area contributed by atoms with E-state index in [0.29, 0.717) is 5.75 Å². The van der Waals surface area contributed by atoms with Gasteiger partial charge in [0, 0.05) is 12.7 Å². The van der Waals surface area contributed by atoms with Crippen molar-refractivity contribution in [1.82, 2.24) is 14.9 Å². The van der Waals surface area contributed by atoms with Crippen molar-refractivity contribution in [3.05, 3.63) is 48.3 Å². The third-order valence-corrected chi connectivity index (χ3v) is 4.66. The first-order valence-corrected chi connectivity index (χ1v) is 8.41. The Hall–Kier alpha value is -2.01. The van der Waals surface area contributed by atoms with Gasteiger partial charge in [-0.3, -0.25) is 4.79 Å². The first-order valence-electron chi connectivity index (χ1n) is 7.43. The van der Waals surface area contributed by atoms with Crippen LogP contribution in [0.3, 0.4) is 0 Å². The third kappa shape index (κ3) is 3.42. The monoisotopic (exact) mass is 313 g/mol. The Bertz CT molecular complexity index is 678. The molecule has 1 heterocycles. The molecule has 0 fully saturated rings. The zero-order valence-corrected chi connectivity index (χ0v) is 13.4. The van der Waals surface area contributed by atoms with E-state index in [-0.39, 0.29) is 5.91 Å². The number of aromatic amines is 1. The molecule has 2 aromatic rings. The Morgan fingerprint density at radius 3 is 2.91 bits per heavy atom. The van der Waals surface area contributed by atoms with E-state index in [1.54, 1.807) is 4.90 Å². The van der Waals surface area contributed by atoms with Gasteiger partial charge in [0.1, 0.15) is 0 Å². The van der Waals surface area contributed by atoms with E-state index in [1.165, 1.54) is 11.8 Å². The van der Waals surface area contributed by atoms with Crippen molar-refractivity contribution in [3.63, 3.8) is 0 Å². The topological polar surface area (TPSA) is 49.0 Å². The minimum atomic E-state index is 0.121. The molecule has 3 rings (SSSR count). The van der Waals surface area contributed by atoms with Crippen LogP contribution in [0.25, 0.3) is 11.3 Å². The first kappa shape index (κ1) is 14.9. The van der Waals surface area contributed by atoms with E-state index in [2.05, 4.69) is 16.0 Å². The normalized spacial score (nSPS) is 14.0. The quantitative estimate of drug-likeness (QED) is 0.856. The van der Waals surface area contributed by atoms with E-state index in [9.17, 15) is 4.79 Å². The second kappa shape index (κ2) is 6.83. The smallest absolute Gasteiger partial charge is 0.236 e. The summed E-state index contributed by atoms with van der Waals surface area (Å²) in [6.07, 6.45) is 7.21. The number of nitrogens with one attached hydrogen (secondary N) is 1. The molecule has 0 saturated carbocycles. The fraction of sp³-hybridized carbons (Fsp3) is 0.294. The molecule has 1 aliphatic carbocycles. The number of hydrogen-bond donors (Lipinski definition) is 1. The molecule has 0 aliphatic heterocycles. The predicted octanol–water partition coefficient (Wildman–Crippen LogP) is 3.70. The molecule has 0 bridgehead atoms. The Morgan fingerprint density at radius 1 is 1.36 bits per heavy atom. The van der Waals surface area contributed by atoms with E-state index < -0.39 is 0 Å². The van der Waals surface area contributed by atoms with Gasteiger partial charge in [0.25, 0.3) is 0 Å². The largest absolute Gasteiger partial charge is 0.333 e. The summed E-state index contributed by atoms with van der Waals surface area (Å²) in [4.78, 5) is 21.6. The summed E-state index contributed by atoms with van der Waals surface area (Å²) in [7, 11) is 1.86. The highest BCUT2D eigenvalue weighted by molar-refractivity contribution is 7.99. The van der Waals surface area contributed by atoms with Crippen LogP contribution in [0.5, 0.6) is 0 Å². The van der Waals surface area contributed by atoms with Crippen LogP contribution in [-0.2, 0) is 4.79 Å². The summed E-state index contributed by atoms with van der Waals surface area (Å²) in [5.74, 6) is 0.520. The molecule has 4 nitrogen and oxygen atoms in total. The van der Waals surface area contributed by atoms with Crippen molar-refractivity contribution in [2.45, 2.75) is 24.4 Å². The molecule has 1 aliphatic rings. The standard InChI is InChI=1S/C17H19N3OS/c1-20(14-9-5-6-10-14)16(21)12-22-17-18-11-15(19-17)13-7-3-2-4-8-13/h2-4,7-9,11H,5-6,10,12H2,1H3,(H,18,19). The molecule has 5 heteroatoms. The van der Waals surface area contributed by atoms with Gasteiger partial charge >= 0.3 is 0 Å². The fourth-order valence-corrected chi connectivity index (χ4v) is 3.25. The average molecular weight is 313 g/mol. The molecule has 0 saturated heterocycles. The van der Waals surface area contributed by atoms with Gasteiger partial charge in [0.15, 0.2) is 5.16 Å². The number of hydrogen-bond acceptors (Lipinski definition) is 3.